The molecule has 0 saturated carbocycles. The summed E-state index contributed by atoms with van der Waals surface area (Å²) in [5.74, 6) is 1.08. The minimum Gasteiger partial charge on any atom is -0.331 e. The molecule has 0 aliphatic carbocycles. The van der Waals surface area contributed by atoms with Crippen LogP contribution in [0.1, 0.15) is 12.6 Å². The van der Waals surface area contributed by atoms with Crippen molar-refractivity contribution >= 4 is 10.8 Å². The fraction of sp³-hybridized carbons (Fsp3) is 0.348. The van der Waals surface area contributed by atoms with Gasteiger partial charge in [0.1, 0.15) is 5.82 Å². The van der Waals surface area contributed by atoms with Gasteiger partial charge in [0.15, 0.2) is 0 Å². The highest BCUT2D eigenvalue weighted by atomic mass is 15.3. The summed E-state index contributed by atoms with van der Waals surface area (Å²) in [7, 11) is 0. The van der Waals surface area contributed by atoms with E-state index in [9.17, 15) is 0 Å². The molecule has 4 heteroatoms. The van der Waals surface area contributed by atoms with Gasteiger partial charge < -0.3 is 4.57 Å². The maximum atomic E-state index is 5.04. The number of aromatic nitrogens is 2. The van der Waals surface area contributed by atoms with Gasteiger partial charge in [-0.3, -0.25) is 9.80 Å². The minimum absolute atomic E-state index is 0.923. The first kappa shape index (κ1) is 18.0. The molecule has 0 spiro atoms. The summed E-state index contributed by atoms with van der Waals surface area (Å²) in [6.45, 7) is 13.3. The summed E-state index contributed by atoms with van der Waals surface area (Å²) >= 11 is 0. The van der Waals surface area contributed by atoms with Crippen LogP contribution < -0.4 is 0 Å². The molecular formula is C23H28N4. The number of hydrogen-bond donors (Lipinski definition) is 0. The van der Waals surface area contributed by atoms with Crippen LogP contribution in [0.15, 0.2) is 61.3 Å². The van der Waals surface area contributed by atoms with E-state index in [1.807, 2.05) is 6.08 Å². The van der Waals surface area contributed by atoms with Crippen LogP contribution in [0.2, 0.25) is 0 Å². The van der Waals surface area contributed by atoms with E-state index in [4.69, 9.17) is 4.98 Å². The number of rotatable bonds is 6. The lowest BCUT2D eigenvalue weighted by molar-refractivity contribution is 0.136. The van der Waals surface area contributed by atoms with Crippen molar-refractivity contribution in [3.8, 4) is 11.4 Å². The number of hydrogen-bond acceptors (Lipinski definition) is 3. The summed E-state index contributed by atoms with van der Waals surface area (Å²) in [6.07, 6.45) is 4.22. The highest BCUT2D eigenvalue weighted by molar-refractivity contribution is 5.95. The molecule has 1 aliphatic rings. The van der Waals surface area contributed by atoms with Crippen LogP contribution in [0, 0.1) is 0 Å². The Hall–Kier alpha value is -2.43. The Labute approximate surface area is 161 Å². The van der Waals surface area contributed by atoms with Crippen molar-refractivity contribution in [3.05, 3.63) is 67.0 Å². The van der Waals surface area contributed by atoms with Crippen molar-refractivity contribution in [1.29, 1.82) is 0 Å². The highest BCUT2D eigenvalue weighted by Crippen LogP contribution is 2.28. The Morgan fingerprint density at radius 2 is 1.74 bits per heavy atom. The number of imidazole rings is 1. The zero-order chi connectivity index (χ0) is 18.6. The third-order valence-corrected chi connectivity index (χ3v) is 5.44. The van der Waals surface area contributed by atoms with Crippen molar-refractivity contribution in [1.82, 2.24) is 19.4 Å². The lowest BCUT2D eigenvalue weighted by Gasteiger charge is -2.33. The van der Waals surface area contributed by atoms with Gasteiger partial charge in [-0.15, -0.1) is 6.58 Å². The molecule has 2 heterocycles. The second-order valence-electron chi connectivity index (χ2n) is 7.23. The van der Waals surface area contributed by atoms with Crippen LogP contribution in [0.5, 0.6) is 0 Å². The molecule has 3 aromatic rings. The number of fused-ring (bicyclic) bond motifs is 1. The normalized spacial score (nSPS) is 16.0. The topological polar surface area (TPSA) is 24.3 Å². The maximum Gasteiger partial charge on any atom is 0.140 e. The van der Waals surface area contributed by atoms with E-state index in [0.29, 0.717) is 0 Å². The molecule has 0 atom stereocenters. The molecule has 1 aliphatic heterocycles. The van der Waals surface area contributed by atoms with Crippen LogP contribution >= 0.6 is 0 Å². The van der Waals surface area contributed by atoms with E-state index < -0.39 is 0 Å². The molecule has 1 aromatic heterocycles. The molecule has 0 radical (unpaired) electrons. The van der Waals surface area contributed by atoms with E-state index >= 15 is 0 Å². The Balaban J connectivity index is 1.57. The van der Waals surface area contributed by atoms with Gasteiger partial charge in [0.2, 0.25) is 0 Å². The van der Waals surface area contributed by atoms with Gasteiger partial charge in [-0.05, 0) is 17.7 Å². The highest BCUT2D eigenvalue weighted by Gasteiger charge is 2.18. The molecule has 4 nitrogen and oxygen atoms in total. The summed E-state index contributed by atoms with van der Waals surface area (Å²) in [5, 5.41) is 2.53. The first-order valence-corrected chi connectivity index (χ1v) is 9.88. The molecule has 1 fully saturated rings. The van der Waals surface area contributed by atoms with Crippen LogP contribution in [0.3, 0.4) is 0 Å². The Kier molecular flexibility index (Phi) is 5.37. The second-order valence-corrected chi connectivity index (χ2v) is 7.23. The fourth-order valence-electron chi connectivity index (χ4n) is 3.96. The Morgan fingerprint density at radius 3 is 2.52 bits per heavy atom. The molecule has 27 heavy (non-hydrogen) atoms. The zero-order valence-corrected chi connectivity index (χ0v) is 16.1. The number of aryl methyl sites for hydroxylation is 1. The molecule has 140 valence electrons. The standard InChI is InChI=1S/C23H28N4/c1-3-12-25-13-15-26(16-14-25)17-20-18-27(4-2)23(24-20)22-11-7-9-19-8-5-6-10-21(19)22/h3,5-11,18H,1,4,12-17H2,2H3. The van der Waals surface area contributed by atoms with E-state index in [-0.39, 0.29) is 0 Å². The van der Waals surface area contributed by atoms with Crippen LogP contribution in [0.4, 0.5) is 0 Å². The predicted molar refractivity (Wildman–Crippen MR) is 113 cm³/mol. The first-order chi connectivity index (χ1) is 13.3. The molecule has 2 aromatic carbocycles. The van der Waals surface area contributed by atoms with Gasteiger partial charge in [0.05, 0.1) is 5.69 Å². The number of piperazine rings is 1. The third-order valence-electron chi connectivity index (χ3n) is 5.44. The molecule has 0 unspecified atom stereocenters. The third kappa shape index (κ3) is 3.82. The average Bonchev–Trinajstić information content (AvgIpc) is 3.12. The van der Waals surface area contributed by atoms with Gasteiger partial charge in [-0.1, -0.05) is 48.5 Å². The SMILES string of the molecule is C=CCN1CCN(Cc2cn(CC)c(-c3cccc4ccccc34)n2)CC1. The lowest BCUT2D eigenvalue weighted by atomic mass is 10.0. The quantitative estimate of drug-likeness (QED) is 0.621. The number of nitrogens with zero attached hydrogens (tertiary/aromatic N) is 4. The van der Waals surface area contributed by atoms with Crippen molar-refractivity contribution in [3.63, 3.8) is 0 Å². The van der Waals surface area contributed by atoms with E-state index in [1.54, 1.807) is 0 Å². The van der Waals surface area contributed by atoms with Crippen molar-refractivity contribution in [2.45, 2.75) is 20.0 Å². The summed E-state index contributed by atoms with van der Waals surface area (Å²) < 4.78 is 2.28. The van der Waals surface area contributed by atoms with E-state index in [0.717, 1.165) is 57.3 Å². The van der Waals surface area contributed by atoms with Crippen LogP contribution in [-0.2, 0) is 13.1 Å². The van der Waals surface area contributed by atoms with Crippen molar-refractivity contribution in [2.75, 3.05) is 32.7 Å². The first-order valence-electron chi connectivity index (χ1n) is 9.88. The lowest BCUT2D eigenvalue weighted by Crippen LogP contribution is -2.45. The smallest absolute Gasteiger partial charge is 0.140 e. The van der Waals surface area contributed by atoms with Gasteiger partial charge in [0.25, 0.3) is 0 Å². The maximum absolute atomic E-state index is 5.04. The van der Waals surface area contributed by atoms with Crippen LogP contribution in [-0.4, -0.2) is 52.1 Å². The van der Waals surface area contributed by atoms with Gasteiger partial charge >= 0.3 is 0 Å². The Bertz CT molecular complexity index is 914. The van der Waals surface area contributed by atoms with Gasteiger partial charge in [0, 0.05) is 57.6 Å². The summed E-state index contributed by atoms with van der Waals surface area (Å²) in [5.41, 5.74) is 2.38. The molecule has 0 bridgehead atoms. The monoisotopic (exact) mass is 360 g/mol. The van der Waals surface area contributed by atoms with E-state index in [1.165, 1.54) is 16.3 Å². The summed E-state index contributed by atoms with van der Waals surface area (Å²) in [6, 6.07) is 15.0. The Morgan fingerprint density at radius 1 is 1.00 bits per heavy atom. The molecule has 0 N–H and O–H groups in total. The van der Waals surface area contributed by atoms with Crippen molar-refractivity contribution in [2.24, 2.45) is 0 Å². The second kappa shape index (κ2) is 8.07. The zero-order valence-electron chi connectivity index (χ0n) is 16.1. The van der Waals surface area contributed by atoms with Crippen molar-refractivity contribution < 1.29 is 0 Å². The van der Waals surface area contributed by atoms with Crippen LogP contribution in [0.25, 0.3) is 22.2 Å². The molecule has 4 rings (SSSR count). The molecular weight excluding hydrogens is 332 g/mol. The van der Waals surface area contributed by atoms with Gasteiger partial charge in [-0.25, -0.2) is 4.98 Å². The largest absolute Gasteiger partial charge is 0.331 e. The average molecular weight is 361 g/mol. The molecule has 0 amide bonds. The fourth-order valence-corrected chi connectivity index (χ4v) is 3.96. The molecule has 1 saturated heterocycles. The summed E-state index contributed by atoms with van der Waals surface area (Å²) in [4.78, 5) is 10.0. The van der Waals surface area contributed by atoms with E-state index in [2.05, 4.69) is 76.5 Å². The predicted octanol–water partition coefficient (Wildman–Crippen LogP) is 4.03. The minimum atomic E-state index is 0.923. The number of benzene rings is 2. The van der Waals surface area contributed by atoms with Gasteiger partial charge in [-0.2, -0.15) is 0 Å².